The van der Waals surface area contributed by atoms with E-state index in [0.29, 0.717) is 6.54 Å². The smallest absolute Gasteiger partial charge is 0.305 e. The van der Waals surface area contributed by atoms with E-state index in [9.17, 15) is 4.79 Å². The first-order valence-electron chi connectivity index (χ1n) is 4.37. The van der Waals surface area contributed by atoms with Crippen molar-refractivity contribution in [2.45, 2.75) is 32.6 Å². The van der Waals surface area contributed by atoms with Gasteiger partial charge < -0.3 is 10.4 Å². The minimum Gasteiger partial charge on any atom is -0.481 e. The summed E-state index contributed by atoms with van der Waals surface area (Å²) < 4.78 is 0. The lowest BCUT2D eigenvalue weighted by molar-refractivity contribution is -0.136. The van der Waals surface area contributed by atoms with Gasteiger partial charge in [0, 0.05) is 6.54 Å². The number of carbonyl (C=O) groups is 1. The van der Waals surface area contributed by atoms with Gasteiger partial charge in [0.05, 0.1) is 6.42 Å². The number of hydrogen-bond acceptors (Lipinski definition) is 2. The highest BCUT2D eigenvalue weighted by Crippen LogP contribution is 1.93. The van der Waals surface area contributed by atoms with Gasteiger partial charge in [-0.05, 0) is 12.6 Å². The number of rotatable bonds is 7. The highest BCUT2D eigenvalue weighted by molar-refractivity contribution is 5.66. The number of carboxylic acid groups (broad SMARTS) is 1. The zero-order chi connectivity index (χ0) is 9.23. The predicted octanol–water partition coefficient (Wildman–Crippen LogP) is 1.75. The number of aliphatic carboxylic acids is 1. The number of nitrogens with one attached hydrogen (secondary N) is 1. The average Bonchev–Trinajstić information content (AvgIpc) is 2.02. The van der Waals surface area contributed by atoms with Crippen molar-refractivity contribution in [3.63, 3.8) is 0 Å². The minimum atomic E-state index is -0.760. The van der Waals surface area contributed by atoms with E-state index in [0.717, 1.165) is 6.42 Å². The van der Waals surface area contributed by atoms with Crippen molar-refractivity contribution < 1.29 is 9.90 Å². The molecule has 0 aliphatic carbocycles. The van der Waals surface area contributed by atoms with Gasteiger partial charge in [-0.3, -0.25) is 4.79 Å². The molecule has 0 atom stereocenters. The second-order valence-corrected chi connectivity index (χ2v) is 2.64. The molecule has 0 fully saturated rings. The van der Waals surface area contributed by atoms with E-state index >= 15 is 0 Å². The summed E-state index contributed by atoms with van der Waals surface area (Å²) >= 11 is 0. The van der Waals surface area contributed by atoms with Crippen LogP contribution in [0.4, 0.5) is 0 Å². The lowest BCUT2D eigenvalue weighted by Gasteiger charge is -1.95. The standard InChI is InChI=1S/C9H17NO2/c1-2-3-4-5-7-10-8-6-9(11)12/h5,7,10H,2-4,6,8H2,1H3,(H,11,12). The Balaban J connectivity index is 3.08. The number of allylic oxidation sites excluding steroid dienone is 1. The molecule has 0 aromatic carbocycles. The molecule has 3 nitrogen and oxygen atoms in total. The predicted molar refractivity (Wildman–Crippen MR) is 48.9 cm³/mol. The summed E-state index contributed by atoms with van der Waals surface area (Å²) in [7, 11) is 0. The van der Waals surface area contributed by atoms with Crippen molar-refractivity contribution in [2.24, 2.45) is 0 Å². The Labute approximate surface area is 73.5 Å². The summed E-state index contributed by atoms with van der Waals surface area (Å²) in [5.41, 5.74) is 0. The Morgan fingerprint density at radius 1 is 1.58 bits per heavy atom. The molecule has 0 spiro atoms. The summed E-state index contributed by atoms with van der Waals surface area (Å²) in [5.74, 6) is -0.760. The average molecular weight is 171 g/mol. The van der Waals surface area contributed by atoms with Crippen LogP contribution in [0.3, 0.4) is 0 Å². The van der Waals surface area contributed by atoms with Crippen LogP contribution >= 0.6 is 0 Å². The van der Waals surface area contributed by atoms with Gasteiger partial charge in [-0.2, -0.15) is 0 Å². The summed E-state index contributed by atoms with van der Waals surface area (Å²) in [6.45, 7) is 2.66. The molecule has 0 radical (unpaired) electrons. The third-order valence-corrected chi connectivity index (χ3v) is 1.44. The zero-order valence-electron chi connectivity index (χ0n) is 7.55. The molecule has 0 bridgehead atoms. The summed E-state index contributed by atoms with van der Waals surface area (Å²) in [6, 6.07) is 0. The molecular formula is C9H17NO2. The lowest BCUT2D eigenvalue weighted by Crippen LogP contribution is -2.11. The van der Waals surface area contributed by atoms with Crippen molar-refractivity contribution in [3.8, 4) is 0 Å². The third-order valence-electron chi connectivity index (χ3n) is 1.44. The molecule has 0 aromatic rings. The molecule has 2 N–H and O–H groups in total. The maximum Gasteiger partial charge on any atom is 0.305 e. The molecule has 0 rings (SSSR count). The van der Waals surface area contributed by atoms with E-state index in [4.69, 9.17) is 5.11 Å². The normalized spacial score (nSPS) is 10.4. The maximum absolute atomic E-state index is 10.1. The van der Waals surface area contributed by atoms with E-state index in [-0.39, 0.29) is 6.42 Å². The van der Waals surface area contributed by atoms with E-state index < -0.39 is 5.97 Å². The van der Waals surface area contributed by atoms with Gasteiger partial charge in [0.15, 0.2) is 0 Å². The van der Waals surface area contributed by atoms with E-state index in [1.165, 1.54) is 12.8 Å². The molecule has 0 saturated heterocycles. The van der Waals surface area contributed by atoms with Gasteiger partial charge in [-0.1, -0.05) is 25.8 Å². The third kappa shape index (κ3) is 9.01. The molecule has 0 amide bonds. The Morgan fingerprint density at radius 3 is 2.92 bits per heavy atom. The fourth-order valence-electron chi connectivity index (χ4n) is 0.751. The summed E-state index contributed by atoms with van der Waals surface area (Å²) in [5, 5.41) is 11.2. The van der Waals surface area contributed by atoms with Gasteiger partial charge in [-0.15, -0.1) is 0 Å². The molecule has 0 aliphatic heterocycles. The van der Waals surface area contributed by atoms with E-state index in [1.54, 1.807) is 0 Å². The van der Waals surface area contributed by atoms with Crippen molar-refractivity contribution in [3.05, 3.63) is 12.3 Å². The molecular weight excluding hydrogens is 154 g/mol. The molecule has 70 valence electrons. The van der Waals surface area contributed by atoms with Gasteiger partial charge in [0.25, 0.3) is 0 Å². The molecule has 0 aromatic heterocycles. The Morgan fingerprint density at radius 2 is 2.33 bits per heavy atom. The first-order chi connectivity index (χ1) is 5.77. The number of unbranched alkanes of at least 4 members (excludes halogenated alkanes) is 2. The molecule has 0 saturated carbocycles. The van der Waals surface area contributed by atoms with Crippen molar-refractivity contribution >= 4 is 5.97 Å². The van der Waals surface area contributed by atoms with Crippen LogP contribution in [0.1, 0.15) is 32.6 Å². The Kier molecular flexibility index (Phi) is 7.44. The van der Waals surface area contributed by atoms with Crippen LogP contribution < -0.4 is 5.32 Å². The first kappa shape index (κ1) is 11.0. The fourth-order valence-corrected chi connectivity index (χ4v) is 0.751. The second-order valence-electron chi connectivity index (χ2n) is 2.64. The summed E-state index contributed by atoms with van der Waals surface area (Å²) in [6.07, 6.45) is 7.50. The highest BCUT2D eigenvalue weighted by atomic mass is 16.4. The Bertz CT molecular complexity index is 143. The largest absolute Gasteiger partial charge is 0.481 e. The topological polar surface area (TPSA) is 49.3 Å². The van der Waals surface area contributed by atoms with Crippen LogP contribution in [0, 0.1) is 0 Å². The van der Waals surface area contributed by atoms with Gasteiger partial charge >= 0.3 is 5.97 Å². The first-order valence-corrected chi connectivity index (χ1v) is 4.37. The lowest BCUT2D eigenvalue weighted by atomic mass is 10.2. The monoisotopic (exact) mass is 171 g/mol. The van der Waals surface area contributed by atoms with Crippen LogP contribution in [0.25, 0.3) is 0 Å². The van der Waals surface area contributed by atoms with E-state index in [1.807, 2.05) is 12.3 Å². The molecule has 12 heavy (non-hydrogen) atoms. The fraction of sp³-hybridized carbons (Fsp3) is 0.667. The summed E-state index contributed by atoms with van der Waals surface area (Å²) in [4.78, 5) is 10.1. The molecule has 0 heterocycles. The van der Waals surface area contributed by atoms with Gasteiger partial charge in [0.2, 0.25) is 0 Å². The van der Waals surface area contributed by atoms with E-state index in [2.05, 4.69) is 12.2 Å². The molecule has 3 heteroatoms. The zero-order valence-corrected chi connectivity index (χ0v) is 7.55. The number of hydrogen-bond donors (Lipinski definition) is 2. The SMILES string of the molecule is CCCCC=CNCCC(=O)O. The quantitative estimate of drug-likeness (QED) is 0.574. The molecule has 0 unspecified atom stereocenters. The van der Waals surface area contributed by atoms with Crippen LogP contribution in [-0.2, 0) is 4.79 Å². The van der Waals surface area contributed by atoms with Gasteiger partial charge in [0.1, 0.15) is 0 Å². The van der Waals surface area contributed by atoms with Crippen LogP contribution in [0.2, 0.25) is 0 Å². The minimum absolute atomic E-state index is 0.179. The van der Waals surface area contributed by atoms with Crippen molar-refractivity contribution in [1.82, 2.24) is 5.32 Å². The highest BCUT2D eigenvalue weighted by Gasteiger charge is 1.91. The van der Waals surface area contributed by atoms with Crippen molar-refractivity contribution in [2.75, 3.05) is 6.54 Å². The van der Waals surface area contributed by atoms with Crippen molar-refractivity contribution in [1.29, 1.82) is 0 Å². The van der Waals surface area contributed by atoms with Crippen LogP contribution in [0.15, 0.2) is 12.3 Å². The van der Waals surface area contributed by atoms with Crippen LogP contribution in [0.5, 0.6) is 0 Å². The molecule has 0 aliphatic rings. The number of carboxylic acids is 1. The Hall–Kier alpha value is -0.990. The maximum atomic E-state index is 10.1. The van der Waals surface area contributed by atoms with Crippen LogP contribution in [-0.4, -0.2) is 17.6 Å². The van der Waals surface area contributed by atoms with Gasteiger partial charge in [-0.25, -0.2) is 0 Å². The second kappa shape index (κ2) is 8.11.